The lowest BCUT2D eigenvalue weighted by atomic mass is 9.51. The molecular formula is C21H23N3O3. The Morgan fingerprint density at radius 1 is 1.15 bits per heavy atom. The van der Waals surface area contributed by atoms with Crippen LogP contribution in [0.4, 0.5) is 4.79 Å². The number of fused-ring (bicyclic) bond motifs is 5. The fourth-order valence-corrected chi connectivity index (χ4v) is 6.69. The first-order valence-electron chi connectivity index (χ1n) is 9.89. The van der Waals surface area contributed by atoms with Crippen molar-refractivity contribution in [1.82, 2.24) is 14.5 Å². The fraction of sp³-hybridized carbons (Fsp3) is 0.524. The minimum atomic E-state index is -0.796. The highest BCUT2D eigenvalue weighted by Crippen LogP contribution is 2.62. The van der Waals surface area contributed by atoms with E-state index in [2.05, 4.69) is 33.8 Å². The van der Waals surface area contributed by atoms with Crippen LogP contribution in [-0.2, 0) is 0 Å². The maximum absolute atomic E-state index is 11.6. The first-order valence-corrected chi connectivity index (χ1v) is 9.89. The van der Waals surface area contributed by atoms with Crippen molar-refractivity contribution in [1.29, 1.82) is 0 Å². The van der Waals surface area contributed by atoms with Gasteiger partial charge in [0.1, 0.15) is 0 Å². The molecule has 3 fully saturated rings. The van der Waals surface area contributed by atoms with Gasteiger partial charge < -0.3 is 19.7 Å². The van der Waals surface area contributed by atoms with Crippen molar-refractivity contribution in [2.75, 3.05) is 0 Å². The van der Waals surface area contributed by atoms with E-state index >= 15 is 0 Å². The summed E-state index contributed by atoms with van der Waals surface area (Å²) >= 11 is 0. The van der Waals surface area contributed by atoms with E-state index in [-0.39, 0.29) is 35.6 Å². The number of carboxylic acid groups (broad SMARTS) is 1. The van der Waals surface area contributed by atoms with Gasteiger partial charge in [0, 0.05) is 29.0 Å². The first-order chi connectivity index (χ1) is 13.1. The van der Waals surface area contributed by atoms with E-state index in [1.54, 1.807) is 4.90 Å². The van der Waals surface area contributed by atoms with E-state index in [1.165, 1.54) is 11.1 Å². The highest BCUT2D eigenvalue weighted by Gasteiger charge is 2.62. The molecule has 3 aliphatic heterocycles. The zero-order valence-electron chi connectivity index (χ0n) is 15.0. The summed E-state index contributed by atoms with van der Waals surface area (Å²) in [4.78, 5) is 17.6. The molecule has 27 heavy (non-hydrogen) atoms. The van der Waals surface area contributed by atoms with Crippen molar-refractivity contribution in [3.63, 3.8) is 0 Å². The van der Waals surface area contributed by atoms with Crippen molar-refractivity contribution in [2.45, 2.75) is 56.3 Å². The number of aliphatic hydroxyl groups excluding tert-OH is 1. The zero-order valence-corrected chi connectivity index (χ0v) is 15.0. The quantitative estimate of drug-likeness (QED) is 0.814. The van der Waals surface area contributed by atoms with Gasteiger partial charge in [-0.3, -0.25) is 0 Å². The molecule has 6 nitrogen and oxygen atoms in total. The summed E-state index contributed by atoms with van der Waals surface area (Å²) < 4.78 is 2.21. The Balaban J connectivity index is 1.31. The number of carbonyl (C=O) groups is 1. The molecule has 2 saturated heterocycles. The van der Waals surface area contributed by atoms with Gasteiger partial charge in [0.15, 0.2) is 0 Å². The third-order valence-electron chi connectivity index (χ3n) is 7.73. The maximum atomic E-state index is 11.6. The second-order valence-electron chi connectivity index (χ2n) is 8.88. The molecule has 1 aliphatic carbocycles. The van der Waals surface area contributed by atoms with E-state index in [4.69, 9.17) is 0 Å². The van der Waals surface area contributed by atoms with Gasteiger partial charge in [0.2, 0.25) is 0 Å². The molecule has 6 heteroatoms. The van der Waals surface area contributed by atoms with Crippen molar-refractivity contribution >= 4 is 6.09 Å². The van der Waals surface area contributed by atoms with Gasteiger partial charge in [0.05, 0.1) is 30.4 Å². The van der Waals surface area contributed by atoms with Crippen molar-refractivity contribution in [2.24, 2.45) is 11.3 Å². The Labute approximate surface area is 157 Å². The average molecular weight is 365 g/mol. The molecule has 6 atom stereocenters. The third kappa shape index (κ3) is 1.89. The van der Waals surface area contributed by atoms with Crippen LogP contribution < -0.4 is 0 Å². The summed E-state index contributed by atoms with van der Waals surface area (Å²) in [5.41, 5.74) is 3.51. The first kappa shape index (κ1) is 15.7. The Hall–Kier alpha value is -2.34. The largest absolute Gasteiger partial charge is 0.465 e. The molecular weight excluding hydrogens is 342 g/mol. The van der Waals surface area contributed by atoms with Gasteiger partial charge in [-0.05, 0) is 37.7 Å². The number of nitrogens with zero attached hydrogens (tertiary/aromatic N) is 3. The highest BCUT2D eigenvalue weighted by atomic mass is 16.4. The molecule has 4 aliphatic rings. The third-order valence-corrected chi connectivity index (χ3v) is 7.73. The molecule has 0 unspecified atom stereocenters. The van der Waals surface area contributed by atoms with Crippen molar-refractivity contribution in [3.05, 3.63) is 42.4 Å². The number of imidazole rings is 1. The molecule has 1 amide bonds. The number of hydrogen-bond acceptors (Lipinski definition) is 3. The Morgan fingerprint density at radius 2 is 1.89 bits per heavy atom. The highest BCUT2D eigenvalue weighted by molar-refractivity contribution is 5.69. The normalized spacial score (nSPS) is 38.6. The summed E-state index contributed by atoms with van der Waals surface area (Å²) in [5, 5.41) is 20.8. The Kier molecular flexibility index (Phi) is 2.98. The van der Waals surface area contributed by atoms with E-state index in [1.807, 2.05) is 12.5 Å². The molecule has 2 aromatic rings. The summed E-state index contributed by atoms with van der Waals surface area (Å²) in [7, 11) is 0. The second kappa shape index (κ2) is 5.13. The van der Waals surface area contributed by atoms with Crippen LogP contribution in [0.25, 0.3) is 11.3 Å². The standard InChI is InChI=1S/C21H23N3O3/c25-19-16(9-21(19)7-12-5-6-13(8-21)24(12)20(26)27)18-15-4-2-1-3-14(15)17-10-22-11-23(17)18/h1-4,10-13,16,18-19,25H,5-9H2,(H,26,27)/t12-,13+,16-,18-,19-,21-/m0/s1. The lowest BCUT2D eigenvalue weighted by molar-refractivity contribution is -0.166. The van der Waals surface area contributed by atoms with Crippen LogP contribution in [0.3, 0.4) is 0 Å². The predicted molar refractivity (Wildman–Crippen MR) is 98.3 cm³/mol. The summed E-state index contributed by atoms with van der Waals surface area (Å²) in [6, 6.07) is 8.72. The summed E-state index contributed by atoms with van der Waals surface area (Å²) in [6.45, 7) is 0. The van der Waals surface area contributed by atoms with Crippen LogP contribution in [0.1, 0.15) is 43.7 Å². The molecule has 6 rings (SSSR count). The Morgan fingerprint density at radius 3 is 2.59 bits per heavy atom. The van der Waals surface area contributed by atoms with Gasteiger partial charge >= 0.3 is 6.09 Å². The van der Waals surface area contributed by atoms with Gasteiger partial charge in [-0.1, -0.05) is 24.3 Å². The minimum Gasteiger partial charge on any atom is -0.465 e. The fourth-order valence-electron chi connectivity index (χ4n) is 6.69. The molecule has 2 N–H and O–H groups in total. The average Bonchev–Trinajstić information content (AvgIpc) is 3.32. The Bertz CT molecular complexity index is 924. The molecule has 140 valence electrons. The molecule has 4 heterocycles. The predicted octanol–water partition coefficient (Wildman–Crippen LogP) is 3.12. The van der Waals surface area contributed by atoms with E-state index in [0.29, 0.717) is 0 Å². The van der Waals surface area contributed by atoms with Crippen LogP contribution in [0.2, 0.25) is 0 Å². The van der Waals surface area contributed by atoms with Gasteiger partial charge in [-0.15, -0.1) is 0 Å². The van der Waals surface area contributed by atoms with E-state index in [0.717, 1.165) is 37.8 Å². The van der Waals surface area contributed by atoms with Crippen LogP contribution >= 0.6 is 0 Å². The zero-order chi connectivity index (χ0) is 18.3. The van der Waals surface area contributed by atoms with Gasteiger partial charge in [-0.2, -0.15) is 0 Å². The molecule has 1 aromatic carbocycles. The molecule has 1 aromatic heterocycles. The van der Waals surface area contributed by atoms with Crippen molar-refractivity contribution < 1.29 is 15.0 Å². The number of benzene rings is 1. The maximum Gasteiger partial charge on any atom is 0.407 e. The molecule has 0 radical (unpaired) electrons. The number of piperidine rings is 1. The van der Waals surface area contributed by atoms with Gasteiger partial charge in [-0.25, -0.2) is 9.78 Å². The van der Waals surface area contributed by atoms with Gasteiger partial charge in [0.25, 0.3) is 0 Å². The smallest absolute Gasteiger partial charge is 0.407 e. The molecule has 1 spiro atoms. The number of aromatic nitrogens is 2. The number of amides is 1. The van der Waals surface area contributed by atoms with Crippen molar-refractivity contribution in [3.8, 4) is 11.3 Å². The van der Waals surface area contributed by atoms with E-state index in [9.17, 15) is 15.0 Å². The molecule has 1 saturated carbocycles. The van der Waals surface area contributed by atoms with E-state index < -0.39 is 6.09 Å². The van der Waals surface area contributed by atoms with Crippen LogP contribution in [0, 0.1) is 11.3 Å². The summed E-state index contributed by atoms with van der Waals surface area (Å²) in [6.07, 6.45) is 7.06. The minimum absolute atomic E-state index is 0.0801. The van der Waals surface area contributed by atoms with Crippen LogP contribution in [0.5, 0.6) is 0 Å². The molecule has 2 bridgehead atoms. The number of aliphatic hydroxyl groups is 1. The topological polar surface area (TPSA) is 78.6 Å². The number of hydrogen-bond donors (Lipinski definition) is 2. The van der Waals surface area contributed by atoms with Crippen LogP contribution in [-0.4, -0.2) is 48.9 Å². The lowest BCUT2D eigenvalue weighted by Crippen LogP contribution is -2.62. The number of rotatable bonds is 1. The lowest BCUT2D eigenvalue weighted by Gasteiger charge is -2.59. The monoisotopic (exact) mass is 365 g/mol. The summed E-state index contributed by atoms with van der Waals surface area (Å²) in [5.74, 6) is 0.164. The second-order valence-corrected chi connectivity index (χ2v) is 8.88. The SMILES string of the molecule is O=C(O)N1[C@@H]2CC[C@H]1C[C@@]1(C[C@@H]([C@@H]3c4ccccc4-c4cncn43)[C@@H]1O)C2. The van der Waals surface area contributed by atoms with Crippen LogP contribution in [0.15, 0.2) is 36.8 Å².